The van der Waals surface area contributed by atoms with Gasteiger partial charge in [0.05, 0.1) is 17.5 Å². The van der Waals surface area contributed by atoms with E-state index in [4.69, 9.17) is 0 Å². The van der Waals surface area contributed by atoms with Gasteiger partial charge in [-0.3, -0.25) is 14.5 Å². The molecule has 11 heteroatoms. The van der Waals surface area contributed by atoms with Crippen molar-refractivity contribution in [3.05, 3.63) is 72.1 Å². The van der Waals surface area contributed by atoms with Gasteiger partial charge in [0.2, 0.25) is 10.0 Å². The summed E-state index contributed by atoms with van der Waals surface area (Å²) in [4.78, 5) is 16.4. The molecule has 0 saturated heterocycles. The Kier molecular flexibility index (Phi) is 5.89. The lowest BCUT2D eigenvalue weighted by Crippen LogP contribution is -2.14. The molecule has 2 aromatic carbocycles. The van der Waals surface area contributed by atoms with Crippen LogP contribution in [0.15, 0.2) is 60.8 Å². The number of alkyl halides is 3. The van der Waals surface area contributed by atoms with E-state index in [-0.39, 0.29) is 22.8 Å². The summed E-state index contributed by atoms with van der Waals surface area (Å²) in [6.45, 7) is 0. The third-order valence-electron chi connectivity index (χ3n) is 4.09. The van der Waals surface area contributed by atoms with Crippen LogP contribution < -0.4 is 10.0 Å². The number of carbonyl (C=O) groups excluding carboxylic acids is 1. The third kappa shape index (κ3) is 5.72. The van der Waals surface area contributed by atoms with Crippen LogP contribution in [0.1, 0.15) is 16.1 Å². The monoisotopic (exact) mass is 451 g/mol. The molecule has 0 unspecified atom stereocenters. The third-order valence-corrected chi connectivity index (χ3v) is 4.68. The fourth-order valence-corrected chi connectivity index (χ4v) is 3.20. The van der Waals surface area contributed by atoms with E-state index in [1.807, 2.05) is 0 Å². The van der Waals surface area contributed by atoms with E-state index in [1.54, 1.807) is 0 Å². The summed E-state index contributed by atoms with van der Waals surface area (Å²) < 4.78 is 62.8. The van der Waals surface area contributed by atoms with Crippen molar-refractivity contribution in [2.75, 3.05) is 16.3 Å². The van der Waals surface area contributed by atoms with E-state index in [1.165, 1.54) is 48.7 Å². The number of aromatic hydroxyl groups is 1. The number of phenols is 1. The SMILES string of the molecule is CS(=O)(=O)Nc1cc(NC(=O)c2ccc(-c3ccc(C(F)(F)F)cc3)cn2)ccc1O. The molecule has 0 aliphatic heterocycles. The number of hydrogen-bond acceptors (Lipinski definition) is 5. The number of benzene rings is 2. The van der Waals surface area contributed by atoms with E-state index in [9.17, 15) is 31.5 Å². The molecule has 1 heterocycles. The predicted octanol–water partition coefficient (Wildman–Crippen LogP) is 4.10. The Bertz CT molecular complexity index is 1210. The van der Waals surface area contributed by atoms with Crippen molar-refractivity contribution in [2.24, 2.45) is 0 Å². The number of halogens is 3. The van der Waals surface area contributed by atoms with Crippen molar-refractivity contribution < 1.29 is 31.5 Å². The second-order valence-corrected chi connectivity index (χ2v) is 8.32. The van der Waals surface area contributed by atoms with Crippen LogP contribution in [0.2, 0.25) is 0 Å². The summed E-state index contributed by atoms with van der Waals surface area (Å²) in [6.07, 6.45) is -2.16. The number of hydrogen-bond donors (Lipinski definition) is 3. The molecule has 0 aliphatic carbocycles. The zero-order valence-corrected chi connectivity index (χ0v) is 16.8. The molecular formula is C20H16F3N3O4S. The van der Waals surface area contributed by atoms with E-state index < -0.39 is 27.7 Å². The van der Waals surface area contributed by atoms with Crippen LogP contribution >= 0.6 is 0 Å². The Morgan fingerprint density at radius 2 is 1.65 bits per heavy atom. The maximum absolute atomic E-state index is 12.7. The van der Waals surface area contributed by atoms with Crippen LogP contribution in [-0.2, 0) is 16.2 Å². The van der Waals surface area contributed by atoms with Gasteiger partial charge < -0.3 is 10.4 Å². The molecule has 0 radical (unpaired) electrons. The minimum Gasteiger partial charge on any atom is -0.506 e. The maximum atomic E-state index is 12.7. The van der Waals surface area contributed by atoms with Gasteiger partial charge in [-0.1, -0.05) is 18.2 Å². The fraction of sp³-hybridized carbons (Fsp3) is 0.100. The molecular weight excluding hydrogens is 435 g/mol. The average molecular weight is 451 g/mol. The van der Waals surface area contributed by atoms with Crippen molar-refractivity contribution >= 4 is 27.3 Å². The number of carbonyl (C=O) groups is 1. The standard InChI is InChI=1S/C20H16F3N3O4S/c1-31(29,30)26-17-10-15(7-9-18(17)27)25-19(28)16-8-4-13(11-24-16)12-2-5-14(6-3-12)20(21,22)23/h2-11,26-27H,1H3,(H,25,28). The van der Waals surface area contributed by atoms with Gasteiger partial charge in [-0.25, -0.2) is 8.42 Å². The van der Waals surface area contributed by atoms with E-state index >= 15 is 0 Å². The number of rotatable bonds is 5. The van der Waals surface area contributed by atoms with E-state index in [2.05, 4.69) is 15.0 Å². The molecule has 31 heavy (non-hydrogen) atoms. The van der Waals surface area contributed by atoms with Gasteiger partial charge in [-0.2, -0.15) is 13.2 Å². The van der Waals surface area contributed by atoms with Crippen molar-refractivity contribution in [1.29, 1.82) is 0 Å². The van der Waals surface area contributed by atoms with E-state index in [0.717, 1.165) is 18.4 Å². The first-order valence-electron chi connectivity index (χ1n) is 8.68. The number of nitrogens with zero attached hydrogens (tertiary/aromatic N) is 1. The van der Waals surface area contributed by atoms with Crippen molar-refractivity contribution in [3.8, 4) is 16.9 Å². The topological polar surface area (TPSA) is 108 Å². The van der Waals surface area contributed by atoms with Crippen LogP contribution in [0.4, 0.5) is 24.5 Å². The first-order chi connectivity index (χ1) is 14.4. The molecule has 3 N–H and O–H groups in total. The number of sulfonamides is 1. The largest absolute Gasteiger partial charge is 0.506 e. The Morgan fingerprint density at radius 1 is 1.00 bits per heavy atom. The van der Waals surface area contributed by atoms with Gasteiger partial charge in [0.15, 0.2) is 0 Å². The minimum atomic E-state index is -4.43. The lowest BCUT2D eigenvalue weighted by molar-refractivity contribution is -0.137. The molecule has 0 fully saturated rings. The van der Waals surface area contributed by atoms with E-state index in [0.29, 0.717) is 11.1 Å². The number of amides is 1. The molecule has 0 atom stereocenters. The van der Waals surface area contributed by atoms with Crippen LogP contribution in [0, 0.1) is 0 Å². The fourth-order valence-electron chi connectivity index (χ4n) is 2.64. The predicted molar refractivity (Wildman–Crippen MR) is 109 cm³/mol. The highest BCUT2D eigenvalue weighted by Gasteiger charge is 2.30. The van der Waals surface area contributed by atoms with Crippen molar-refractivity contribution in [1.82, 2.24) is 4.98 Å². The molecule has 7 nitrogen and oxygen atoms in total. The first-order valence-corrected chi connectivity index (χ1v) is 10.6. The summed E-state index contributed by atoms with van der Waals surface area (Å²) in [5, 5.41) is 12.3. The highest BCUT2D eigenvalue weighted by Crippen LogP contribution is 2.31. The van der Waals surface area contributed by atoms with Gasteiger partial charge in [0.25, 0.3) is 5.91 Å². The Hall–Kier alpha value is -3.60. The molecule has 1 aromatic heterocycles. The molecule has 162 valence electrons. The first kappa shape index (κ1) is 22.1. The number of pyridine rings is 1. The lowest BCUT2D eigenvalue weighted by Gasteiger charge is -2.10. The summed E-state index contributed by atoms with van der Waals surface area (Å²) in [5.74, 6) is -0.919. The molecule has 3 aromatic rings. The van der Waals surface area contributed by atoms with Gasteiger partial charge in [0, 0.05) is 17.4 Å². The van der Waals surface area contributed by atoms with Crippen LogP contribution in [0.5, 0.6) is 5.75 Å². The Morgan fingerprint density at radius 3 is 2.19 bits per heavy atom. The molecule has 0 saturated carbocycles. The van der Waals surface area contributed by atoms with Gasteiger partial charge in [-0.15, -0.1) is 0 Å². The van der Waals surface area contributed by atoms with Crippen LogP contribution in [0.25, 0.3) is 11.1 Å². The summed E-state index contributed by atoms with van der Waals surface area (Å²) in [7, 11) is -3.64. The Balaban J connectivity index is 1.74. The normalized spacial score (nSPS) is 11.7. The van der Waals surface area contributed by atoms with Crippen LogP contribution in [-0.4, -0.2) is 30.7 Å². The number of anilines is 2. The van der Waals surface area contributed by atoms with Crippen LogP contribution in [0.3, 0.4) is 0 Å². The van der Waals surface area contributed by atoms with Crippen molar-refractivity contribution in [3.63, 3.8) is 0 Å². The van der Waals surface area contributed by atoms with Gasteiger partial charge in [-0.05, 0) is 42.0 Å². The quantitative estimate of drug-likeness (QED) is 0.400. The zero-order valence-electron chi connectivity index (χ0n) is 15.9. The Labute approximate surface area is 175 Å². The summed E-state index contributed by atoms with van der Waals surface area (Å²) in [6, 6.07) is 11.3. The second kappa shape index (κ2) is 8.26. The number of nitrogens with one attached hydrogen (secondary N) is 2. The number of phenolic OH excluding ortho intramolecular Hbond substituents is 1. The average Bonchev–Trinajstić information content (AvgIpc) is 2.69. The molecule has 0 bridgehead atoms. The summed E-state index contributed by atoms with van der Waals surface area (Å²) in [5.41, 5.74) is 0.394. The van der Waals surface area contributed by atoms with Gasteiger partial charge >= 0.3 is 6.18 Å². The lowest BCUT2D eigenvalue weighted by atomic mass is 10.1. The zero-order chi connectivity index (χ0) is 22.8. The highest BCUT2D eigenvalue weighted by molar-refractivity contribution is 7.92. The highest BCUT2D eigenvalue weighted by atomic mass is 32.2. The summed E-state index contributed by atoms with van der Waals surface area (Å²) >= 11 is 0. The molecule has 0 spiro atoms. The second-order valence-electron chi connectivity index (χ2n) is 6.57. The molecule has 1 amide bonds. The van der Waals surface area contributed by atoms with Gasteiger partial charge in [0.1, 0.15) is 11.4 Å². The maximum Gasteiger partial charge on any atom is 0.416 e. The minimum absolute atomic E-state index is 0.0290. The molecule has 0 aliphatic rings. The number of aromatic nitrogens is 1. The molecule has 3 rings (SSSR count). The van der Waals surface area contributed by atoms with Crippen molar-refractivity contribution in [2.45, 2.75) is 6.18 Å². The smallest absolute Gasteiger partial charge is 0.416 e.